The van der Waals surface area contributed by atoms with Gasteiger partial charge in [-0.1, -0.05) is 43.1 Å². The molecule has 2 N–H and O–H groups in total. The van der Waals surface area contributed by atoms with Gasteiger partial charge in [0.25, 0.3) is 0 Å². The van der Waals surface area contributed by atoms with Gasteiger partial charge in [0.15, 0.2) is 0 Å². The molecule has 0 aliphatic rings. The Morgan fingerprint density at radius 2 is 1.88 bits per heavy atom. The van der Waals surface area contributed by atoms with Crippen molar-refractivity contribution < 1.29 is 0 Å². The standard InChI is InChI=1S/C12H16Cl2N2/c1-8(2)7-16-12(15)6-9-10(13)4-3-5-11(9)14/h3-5,8H,6-7H2,1-2H3,(H2,15,16). The number of hydrogen-bond donors (Lipinski definition) is 1. The minimum atomic E-state index is 0.500. The van der Waals surface area contributed by atoms with Crippen molar-refractivity contribution in [3.63, 3.8) is 0 Å². The Morgan fingerprint density at radius 3 is 2.38 bits per heavy atom. The predicted molar refractivity (Wildman–Crippen MR) is 71.5 cm³/mol. The Bertz CT molecular complexity index is 366. The fourth-order valence-electron chi connectivity index (χ4n) is 1.24. The van der Waals surface area contributed by atoms with Crippen molar-refractivity contribution in [2.75, 3.05) is 6.54 Å². The Labute approximate surface area is 106 Å². The van der Waals surface area contributed by atoms with E-state index in [1.165, 1.54) is 0 Å². The molecule has 0 fully saturated rings. The van der Waals surface area contributed by atoms with Gasteiger partial charge in [-0.05, 0) is 23.6 Å². The fraction of sp³-hybridized carbons (Fsp3) is 0.417. The normalized spacial score (nSPS) is 12.2. The van der Waals surface area contributed by atoms with Crippen molar-refractivity contribution in [3.8, 4) is 0 Å². The van der Waals surface area contributed by atoms with Gasteiger partial charge in [0.2, 0.25) is 0 Å². The molecule has 0 spiro atoms. The molecule has 1 rings (SSSR count). The van der Waals surface area contributed by atoms with E-state index in [1.54, 1.807) is 12.1 Å². The summed E-state index contributed by atoms with van der Waals surface area (Å²) in [6.07, 6.45) is 0.505. The van der Waals surface area contributed by atoms with Crippen molar-refractivity contribution in [3.05, 3.63) is 33.8 Å². The van der Waals surface area contributed by atoms with E-state index in [2.05, 4.69) is 18.8 Å². The maximum Gasteiger partial charge on any atom is 0.0982 e. The Hall–Kier alpha value is -0.730. The maximum absolute atomic E-state index is 6.04. The minimum absolute atomic E-state index is 0.500. The third-order valence-electron chi connectivity index (χ3n) is 2.08. The predicted octanol–water partition coefficient (Wildman–Crippen LogP) is 3.55. The highest BCUT2D eigenvalue weighted by molar-refractivity contribution is 6.36. The molecule has 0 aliphatic heterocycles. The first-order valence-corrected chi connectivity index (χ1v) is 5.98. The molecule has 16 heavy (non-hydrogen) atoms. The zero-order valence-corrected chi connectivity index (χ0v) is 11.0. The van der Waals surface area contributed by atoms with Gasteiger partial charge in [-0.15, -0.1) is 0 Å². The van der Waals surface area contributed by atoms with E-state index >= 15 is 0 Å². The van der Waals surface area contributed by atoms with Gasteiger partial charge in [-0.25, -0.2) is 0 Å². The average Bonchev–Trinajstić information content (AvgIpc) is 2.21. The molecule has 1 aromatic carbocycles. The van der Waals surface area contributed by atoms with Gasteiger partial charge in [-0.3, -0.25) is 4.99 Å². The SMILES string of the molecule is CC(C)CN=C(N)Cc1c(Cl)cccc1Cl. The van der Waals surface area contributed by atoms with E-state index in [0.29, 0.717) is 28.2 Å². The average molecular weight is 259 g/mol. The zero-order chi connectivity index (χ0) is 12.1. The lowest BCUT2D eigenvalue weighted by Gasteiger charge is -2.07. The van der Waals surface area contributed by atoms with Crippen LogP contribution in [0.4, 0.5) is 0 Å². The first-order valence-electron chi connectivity index (χ1n) is 5.22. The minimum Gasteiger partial charge on any atom is -0.387 e. The van der Waals surface area contributed by atoms with E-state index in [0.717, 1.165) is 12.1 Å². The number of hydrogen-bond acceptors (Lipinski definition) is 1. The third kappa shape index (κ3) is 4.03. The van der Waals surface area contributed by atoms with Crippen LogP contribution in [0.5, 0.6) is 0 Å². The fourth-order valence-corrected chi connectivity index (χ4v) is 1.77. The summed E-state index contributed by atoms with van der Waals surface area (Å²) in [6, 6.07) is 5.42. The van der Waals surface area contributed by atoms with Crippen LogP contribution in [0.15, 0.2) is 23.2 Å². The van der Waals surface area contributed by atoms with Crippen LogP contribution in [0.2, 0.25) is 10.0 Å². The molecule has 88 valence electrons. The maximum atomic E-state index is 6.04. The summed E-state index contributed by atoms with van der Waals surface area (Å²) in [4.78, 5) is 4.28. The van der Waals surface area contributed by atoms with Gasteiger partial charge in [0, 0.05) is 23.0 Å². The molecular formula is C12H16Cl2N2. The van der Waals surface area contributed by atoms with Crippen LogP contribution in [-0.2, 0) is 6.42 Å². The lowest BCUT2D eigenvalue weighted by Crippen LogP contribution is -2.17. The number of nitrogens with two attached hydrogens (primary N) is 1. The van der Waals surface area contributed by atoms with E-state index < -0.39 is 0 Å². The number of benzene rings is 1. The molecule has 0 heterocycles. The molecule has 1 aromatic rings. The van der Waals surface area contributed by atoms with Gasteiger partial charge in [-0.2, -0.15) is 0 Å². The lowest BCUT2D eigenvalue weighted by molar-refractivity contribution is 0.664. The molecular weight excluding hydrogens is 243 g/mol. The highest BCUT2D eigenvalue weighted by Crippen LogP contribution is 2.24. The zero-order valence-electron chi connectivity index (χ0n) is 9.50. The smallest absolute Gasteiger partial charge is 0.0982 e. The van der Waals surface area contributed by atoms with Crippen LogP contribution in [0.3, 0.4) is 0 Å². The molecule has 4 heteroatoms. The van der Waals surface area contributed by atoms with Crippen molar-refractivity contribution in [1.82, 2.24) is 0 Å². The lowest BCUT2D eigenvalue weighted by atomic mass is 10.1. The van der Waals surface area contributed by atoms with Crippen LogP contribution < -0.4 is 5.73 Å². The molecule has 0 bridgehead atoms. The molecule has 0 amide bonds. The second kappa shape index (κ2) is 6.12. The van der Waals surface area contributed by atoms with Gasteiger partial charge in [0.1, 0.15) is 0 Å². The van der Waals surface area contributed by atoms with E-state index in [9.17, 15) is 0 Å². The number of rotatable bonds is 4. The van der Waals surface area contributed by atoms with E-state index in [1.807, 2.05) is 6.07 Å². The molecule has 0 saturated heterocycles. The molecule has 0 aromatic heterocycles. The number of amidine groups is 1. The van der Waals surface area contributed by atoms with Crippen molar-refractivity contribution >= 4 is 29.0 Å². The first-order chi connectivity index (χ1) is 7.50. The second-order valence-corrected chi connectivity index (χ2v) is 4.92. The summed E-state index contributed by atoms with van der Waals surface area (Å²) in [6.45, 7) is 4.92. The molecule has 0 aliphatic carbocycles. The first kappa shape index (κ1) is 13.3. The number of aliphatic imine (C=N–C) groups is 1. The Morgan fingerprint density at radius 1 is 1.31 bits per heavy atom. The largest absolute Gasteiger partial charge is 0.387 e. The van der Waals surface area contributed by atoms with Crippen molar-refractivity contribution in [2.24, 2.45) is 16.6 Å². The molecule has 0 atom stereocenters. The van der Waals surface area contributed by atoms with Crippen molar-refractivity contribution in [1.29, 1.82) is 0 Å². The highest BCUT2D eigenvalue weighted by atomic mass is 35.5. The van der Waals surface area contributed by atoms with Crippen LogP contribution in [0.25, 0.3) is 0 Å². The van der Waals surface area contributed by atoms with Gasteiger partial charge < -0.3 is 5.73 Å². The topological polar surface area (TPSA) is 38.4 Å². The van der Waals surface area contributed by atoms with Gasteiger partial charge >= 0.3 is 0 Å². The Kier molecular flexibility index (Phi) is 5.10. The van der Waals surface area contributed by atoms with Gasteiger partial charge in [0.05, 0.1) is 5.84 Å². The molecule has 0 radical (unpaired) electrons. The third-order valence-corrected chi connectivity index (χ3v) is 2.79. The summed E-state index contributed by atoms with van der Waals surface area (Å²) in [5, 5.41) is 1.27. The highest BCUT2D eigenvalue weighted by Gasteiger charge is 2.07. The van der Waals surface area contributed by atoms with Crippen LogP contribution in [-0.4, -0.2) is 12.4 Å². The molecule has 0 saturated carbocycles. The monoisotopic (exact) mass is 258 g/mol. The van der Waals surface area contributed by atoms with Crippen LogP contribution >= 0.6 is 23.2 Å². The summed E-state index contributed by atoms with van der Waals surface area (Å²) < 4.78 is 0. The molecule has 0 unspecified atom stereocenters. The quantitative estimate of drug-likeness (QED) is 0.651. The summed E-state index contributed by atoms with van der Waals surface area (Å²) in [5.74, 6) is 1.07. The van der Waals surface area contributed by atoms with E-state index in [4.69, 9.17) is 28.9 Å². The van der Waals surface area contributed by atoms with Crippen molar-refractivity contribution in [2.45, 2.75) is 20.3 Å². The summed E-state index contributed by atoms with van der Waals surface area (Å²) in [5.41, 5.74) is 6.67. The Balaban J connectivity index is 2.76. The molecule has 2 nitrogen and oxygen atoms in total. The summed E-state index contributed by atoms with van der Waals surface area (Å²) >= 11 is 12.1. The van der Waals surface area contributed by atoms with Crippen LogP contribution in [0, 0.1) is 5.92 Å². The number of nitrogens with zero attached hydrogens (tertiary/aromatic N) is 1. The second-order valence-electron chi connectivity index (χ2n) is 4.10. The van der Waals surface area contributed by atoms with Crippen LogP contribution in [0.1, 0.15) is 19.4 Å². The van der Waals surface area contributed by atoms with E-state index in [-0.39, 0.29) is 0 Å². The number of halogens is 2. The summed E-state index contributed by atoms with van der Waals surface area (Å²) in [7, 11) is 0.